The summed E-state index contributed by atoms with van der Waals surface area (Å²) >= 11 is 7.20. The Bertz CT molecular complexity index is 944. The summed E-state index contributed by atoms with van der Waals surface area (Å²) in [4.78, 5) is 12.2. The zero-order valence-corrected chi connectivity index (χ0v) is 17.3. The van der Waals surface area contributed by atoms with Crippen LogP contribution in [0.5, 0.6) is 5.75 Å². The van der Waals surface area contributed by atoms with Crippen LogP contribution < -0.4 is 10.1 Å². The van der Waals surface area contributed by atoms with Crippen LogP contribution in [0.25, 0.3) is 0 Å². The summed E-state index contributed by atoms with van der Waals surface area (Å²) in [6, 6.07) is 14.9. The fraction of sp³-hybridized carbons (Fsp3) is 0.250. The molecule has 1 heterocycles. The molecule has 0 saturated carbocycles. The Balaban J connectivity index is 1.57. The smallest absolute Gasteiger partial charge is 0.234 e. The molecule has 0 radical (unpaired) electrons. The highest BCUT2D eigenvalue weighted by Gasteiger charge is 2.14. The van der Waals surface area contributed by atoms with E-state index in [1.54, 1.807) is 24.3 Å². The quantitative estimate of drug-likeness (QED) is 0.545. The van der Waals surface area contributed by atoms with E-state index in [2.05, 4.69) is 15.5 Å². The highest BCUT2D eigenvalue weighted by molar-refractivity contribution is 7.99. The number of anilines is 1. The van der Waals surface area contributed by atoms with Gasteiger partial charge < -0.3 is 14.6 Å². The fourth-order valence-electron chi connectivity index (χ4n) is 2.56. The normalized spacial score (nSPS) is 10.7. The number of halogens is 1. The minimum atomic E-state index is -0.115. The van der Waals surface area contributed by atoms with Crippen LogP contribution >= 0.6 is 23.4 Å². The van der Waals surface area contributed by atoms with Crippen LogP contribution in [0, 0.1) is 6.92 Å². The second-order valence-electron chi connectivity index (χ2n) is 6.09. The second-order valence-corrected chi connectivity index (χ2v) is 7.47. The summed E-state index contributed by atoms with van der Waals surface area (Å²) in [5, 5.41) is 12.6. The lowest BCUT2D eigenvalue weighted by Crippen LogP contribution is -2.14. The second kappa shape index (κ2) is 9.61. The molecule has 0 spiro atoms. The summed E-state index contributed by atoms with van der Waals surface area (Å²) in [6.07, 6.45) is 0. The first-order valence-corrected chi connectivity index (χ1v) is 10.2. The number of aromatic nitrogens is 3. The van der Waals surface area contributed by atoms with Crippen molar-refractivity contribution in [1.82, 2.24) is 14.8 Å². The average molecular weight is 417 g/mol. The third-order valence-electron chi connectivity index (χ3n) is 3.93. The third kappa shape index (κ3) is 5.50. The van der Waals surface area contributed by atoms with E-state index in [0.29, 0.717) is 29.0 Å². The lowest BCUT2D eigenvalue weighted by atomic mass is 10.2. The number of nitrogens with zero attached hydrogens (tertiary/aromatic N) is 3. The van der Waals surface area contributed by atoms with E-state index in [9.17, 15) is 4.79 Å². The number of rotatable bonds is 8. The zero-order chi connectivity index (χ0) is 19.9. The van der Waals surface area contributed by atoms with E-state index in [4.69, 9.17) is 16.3 Å². The largest absolute Gasteiger partial charge is 0.486 e. The molecule has 1 amide bonds. The van der Waals surface area contributed by atoms with Crippen molar-refractivity contribution in [2.75, 3.05) is 11.1 Å². The molecule has 6 nitrogen and oxygen atoms in total. The molecule has 3 aromatic rings. The molecule has 0 aliphatic rings. The van der Waals surface area contributed by atoms with Gasteiger partial charge in [0.05, 0.1) is 5.75 Å². The maximum Gasteiger partial charge on any atom is 0.234 e. The summed E-state index contributed by atoms with van der Waals surface area (Å²) in [5.74, 6) is 1.64. The van der Waals surface area contributed by atoms with Gasteiger partial charge in [-0.25, -0.2) is 0 Å². The Hall–Kier alpha value is -2.51. The van der Waals surface area contributed by atoms with E-state index in [1.807, 2.05) is 42.7 Å². The molecule has 2 aromatic carbocycles. The number of hydrogen-bond acceptors (Lipinski definition) is 5. The first kappa shape index (κ1) is 20.2. The number of thioether (sulfide) groups is 1. The molecule has 0 saturated heterocycles. The van der Waals surface area contributed by atoms with Gasteiger partial charge in [-0.05, 0) is 55.8 Å². The molecule has 1 N–H and O–H groups in total. The lowest BCUT2D eigenvalue weighted by Gasteiger charge is -2.09. The van der Waals surface area contributed by atoms with Crippen LogP contribution in [0.1, 0.15) is 18.3 Å². The molecule has 0 aliphatic carbocycles. The van der Waals surface area contributed by atoms with Gasteiger partial charge in [-0.1, -0.05) is 35.5 Å². The number of aryl methyl sites for hydroxylation is 1. The van der Waals surface area contributed by atoms with Crippen LogP contribution in [0.2, 0.25) is 5.02 Å². The van der Waals surface area contributed by atoms with Gasteiger partial charge in [0.25, 0.3) is 0 Å². The van der Waals surface area contributed by atoms with Gasteiger partial charge in [-0.3, -0.25) is 4.79 Å². The van der Waals surface area contributed by atoms with Crippen molar-refractivity contribution in [1.29, 1.82) is 0 Å². The highest BCUT2D eigenvalue weighted by Crippen LogP contribution is 2.20. The monoisotopic (exact) mass is 416 g/mol. The van der Waals surface area contributed by atoms with E-state index in [-0.39, 0.29) is 11.7 Å². The minimum absolute atomic E-state index is 0.115. The molecule has 0 fully saturated rings. The Kier molecular flexibility index (Phi) is 6.95. The highest BCUT2D eigenvalue weighted by atomic mass is 35.5. The van der Waals surface area contributed by atoms with E-state index >= 15 is 0 Å². The number of benzene rings is 2. The maximum absolute atomic E-state index is 12.2. The maximum atomic E-state index is 12.2. The standard InChI is InChI=1S/C20H21ClN4O2S/c1-3-25-18(12-27-17-6-4-5-14(2)11-17)23-24-20(25)28-13-19(26)22-16-9-7-15(21)8-10-16/h4-11H,3,12-13H2,1-2H3,(H,22,26). The Morgan fingerprint density at radius 2 is 2.00 bits per heavy atom. The minimum Gasteiger partial charge on any atom is -0.486 e. The molecular formula is C20H21ClN4O2S. The van der Waals surface area contributed by atoms with Gasteiger partial charge in [-0.2, -0.15) is 0 Å². The molecule has 3 rings (SSSR count). The molecule has 1 aromatic heterocycles. The molecule has 146 valence electrons. The number of nitrogens with one attached hydrogen (secondary N) is 1. The third-order valence-corrected chi connectivity index (χ3v) is 5.15. The predicted molar refractivity (Wildman–Crippen MR) is 112 cm³/mol. The van der Waals surface area contributed by atoms with Gasteiger partial charge in [0, 0.05) is 17.3 Å². The van der Waals surface area contributed by atoms with Crippen molar-refractivity contribution >= 4 is 35.0 Å². The van der Waals surface area contributed by atoms with E-state index < -0.39 is 0 Å². The Morgan fingerprint density at radius 1 is 1.21 bits per heavy atom. The fourth-order valence-corrected chi connectivity index (χ4v) is 3.51. The van der Waals surface area contributed by atoms with Crippen LogP contribution in [0.4, 0.5) is 5.69 Å². The molecule has 0 aliphatic heterocycles. The van der Waals surface area contributed by atoms with Crippen molar-refractivity contribution in [3.05, 3.63) is 64.9 Å². The van der Waals surface area contributed by atoms with Gasteiger partial charge in [0.2, 0.25) is 5.91 Å². The molecule has 8 heteroatoms. The van der Waals surface area contributed by atoms with Crippen LogP contribution in [0.3, 0.4) is 0 Å². The number of hydrogen-bond donors (Lipinski definition) is 1. The Morgan fingerprint density at radius 3 is 2.71 bits per heavy atom. The van der Waals surface area contributed by atoms with Crippen molar-refractivity contribution in [3.63, 3.8) is 0 Å². The van der Waals surface area contributed by atoms with E-state index in [0.717, 1.165) is 17.1 Å². The summed E-state index contributed by atoms with van der Waals surface area (Å²) in [7, 11) is 0. The number of carbonyl (C=O) groups excluding carboxylic acids is 1. The van der Waals surface area contributed by atoms with Gasteiger partial charge in [0.1, 0.15) is 12.4 Å². The molecule has 0 atom stereocenters. The van der Waals surface area contributed by atoms with Gasteiger partial charge >= 0.3 is 0 Å². The van der Waals surface area contributed by atoms with Crippen LogP contribution in [-0.2, 0) is 17.9 Å². The Labute approximate surface area is 173 Å². The van der Waals surface area contributed by atoms with Crippen molar-refractivity contribution in [2.45, 2.75) is 32.2 Å². The summed E-state index contributed by atoms with van der Waals surface area (Å²) in [5.41, 5.74) is 1.84. The molecule has 0 bridgehead atoms. The average Bonchev–Trinajstić information content (AvgIpc) is 3.08. The van der Waals surface area contributed by atoms with Crippen molar-refractivity contribution in [2.24, 2.45) is 0 Å². The number of carbonyl (C=O) groups is 1. The van der Waals surface area contributed by atoms with Crippen molar-refractivity contribution in [3.8, 4) is 5.75 Å². The molecule has 28 heavy (non-hydrogen) atoms. The first-order chi connectivity index (χ1) is 13.5. The number of ether oxygens (including phenoxy) is 1. The molecular weight excluding hydrogens is 396 g/mol. The topological polar surface area (TPSA) is 69.0 Å². The van der Waals surface area contributed by atoms with E-state index in [1.165, 1.54) is 11.8 Å². The molecule has 0 unspecified atom stereocenters. The van der Waals surface area contributed by atoms with Crippen LogP contribution in [0.15, 0.2) is 53.7 Å². The van der Waals surface area contributed by atoms with Crippen LogP contribution in [-0.4, -0.2) is 26.4 Å². The van der Waals surface area contributed by atoms with Gasteiger partial charge in [0.15, 0.2) is 11.0 Å². The zero-order valence-electron chi connectivity index (χ0n) is 15.7. The first-order valence-electron chi connectivity index (χ1n) is 8.85. The predicted octanol–water partition coefficient (Wildman–Crippen LogP) is 4.57. The lowest BCUT2D eigenvalue weighted by molar-refractivity contribution is -0.113. The SMILES string of the molecule is CCn1c(COc2cccc(C)c2)nnc1SCC(=O)Nc1ccc(Cl)cc1. The summed E-state index contributed by atoms with van der Waals surface area (Å²) < 4.78 is 7.77. The number of amides is 1. The summed E-state index contributed by atoms with van der Waals surface area (Å²) in [6.45, 7) is 5.05. The van der Waals surface area contributed by atoms with Gasteiger partial charge in [-0.15, -0.1) is 10.2 Å². The van der Waals surface area contributed by atoms with Crippen molar-refractivity contribution < 1.29 is 9.53 Å².